The number of nitrogens with one attached hydrogen (secondary N) is 1. The van der Waals surface area contributed by atoms with Gasteiger partial charge in [0.25, 0.3) is 5.91 Å². The molecule has 0 atom stereocenters. The van der Waals surface area contributed by atoms with Gasteiger partial charge >= 0.3 is 0 Å². The molecule has 0 aliphatic heterocycles. The molecule has 1 aromatic carbocycles. The summed E-state index contributed by atoms with van der Waals surface area (Å²) in [5.74, 6) is 2.02. The van der Waals surface area contributed by atoms with Crippen LogP contribution in [-0.2, 0) is 13.2 Å². The van der Waals surface area contributed by atoms with Crippen molar-refractivity contribution in [3.63, 3.8) is 0 Å². The van der Waals surface area contributed by atoms with Gasteiger partial charge in [0.05, 0.1) is 0 Å². The molecule has 31 heavy (non-hydrogen) atoms. The van der Waals surface area contributed by atoms with E-state index in [-0.39, 0.29) is 12.5 Å². The molecule has 1 N–H and O–H groups in total. The number of hydrogen-bond donors (Lipinski definition) is 1. The molecule has 0 radical (unpaired) electrons. The largest absolute Gasteiger partial charge is 0.485 e. The summed E-state index contributed by atoms with van der Waals surface area (Å²) in [7, 11) is 0. The normalized spacial score (nSPS) is 10.5. The summed E-state index contributed by atoms with van der Waals surface area (Å²) in [4.78, 5) is 24.9. The zero-order valence-electron chi connectivity index (χ0n) is 16.7. The van der Waals surface area contributed by atoms with Gasteiger partial charge in [0.15, 0.2) is 18.2 Å². The molecule has 0 spiro atoms. The molecule has 9 heteroatoms. The molecule has 4 aromatic rings. The number of anilines is 1. The minimum Gasteiger partial charge on any atom is -0.485 e. The number of ether oxygens (including phenoxy) is 2. The number of hydrogen-bond acceptors (Lipinski definition) is 8. The van der Waals surface area contributed by atoms with Crippen LogP contribution in [0, 0.1) is 6.92 Å². The Bertz CT molecular complexity index is 1150. The van der Waals surface area contributed by atoms with Gasteiger partial charge < -0.3 is 19.3 Å². The topological polar surface area (TPSA) is 112 Å². The quantitative estimate of drug-likeness (QED) is 0.463. The maximum Gasteiger partial charge on any atom is 0.256 e. The van der Waals surface area contributed by atoms with Gasteiger partial charge in [0.2, 0.25) is 11.7 Å². The molecule has 0 bridgehead atoms. The maximum atomic E-state index is 12.6. The lowest BCUT2D eigenvalue weighted by atomic mass is 10.2. The van der Waals surface area contributed by atoms with Crippen molar-refractivity contribution in [2.45, 2.75) is 20.1 Å². The van der Waals surface area contributed by atoms with E-state index in [1.165, 1.54) is 0 Å². The fourth-order valence-electron chi connectivity index (χ4n) is 2.67. The minimum atomic E-state index is -0.312. The van der Waals surface area contributed by atoms with Crippen LogP contribution >= 0.6 is 0 Å². The Morgan fingerprint density at radius 2 is 1.81 bits per heavy atom. The van der Waals surface area contributed by atoms with Crippen molar-refractivity contribution in [2.24, 2.45) is 0 Å². The highest BCUT2D eigenvalue weighted by molar-refractivity contribution is 6.04. The smallest absolute Gasteiger partial charge is 0.256 e. The Hall–Kier alpha value is -4.27. The molecule has 0 unspecified atom stereocenters. The molecular weight excluding hydrogens is 398 g/mol. The molecule has 0 aliphatic carbocycles. The van der Waals surface area contributed by atoms with E-state index in [2.05, 4.69) is 25.4 Å². The highest BCUT2D eigenvalue weighted by atomic mass is 16.5. The van der Waals surface area contributed by atoms with E-state index >= 15 is 0 Å². The highest BCUT2D eigenvalue weighted by Gasteiger charge is 2.12. The minimum absolute atomic E-state index is 0.176. The summed E-state index contributed by atoms with van der Waals surface area (Å²) >= 11 is 0. The Morgan fingerprint density at radius 3 is 2.55 bits per heavy atom. The van der Waals surface area contributed by atoms with E-state index in [4.69, 9.17) is 14.0 Å². The molecular formula is C22H19N5O4. The number of carbonyl (C=O) groups is 1. The average Bonchev–Trinajstić information content (AvgIpc) is 3.23. The van der Waals surface area contributed by atoms with E-state index in [1.807, 2.05) is 12.1 Å². The molecule has 4 rings (SSSR count). The fourth-order valence-corrected chi connectivity index (χ4v) is 2.67. The van der Waals surface area contributed by atoms with Crippen LogP contribution in [0.2, 0.25) is 0 Å². The van der Waals surface area contributed by atoms with E-state index in [1.54, 1.807) is 61.9 Å². The van der Waals surface area contributed by atoms with Crippen LogP contribution in [0.5, 0.6) is 11.5 Å². The maximum absolute atomic E-state index is 12.6. The molecule has 3 aromatic heterocycles. The standard InChI is InChI=1S/C22H19N5O4/c1-15-25-20(27-31-15)14-29-18-6-4-17(5-7-18)22(28)26-21-19(3-2-10-24-21)30-13-16-8-11-23-12-9-16/h2-12H,13-14H2,1H3,(H,24,26,28). The van der Waals surface area contributed by atoms with Gasteiger partial charge in [0.1, 0.15) is 12.4 Å². The lowest BCUT2D eigenvalue weighted by Crippen LogP contribution is -2.14. The number of aromatic nitrogens is 4. The summed E-state index contributed by atoms with van der Waals surface area (Å²) in [6, 6.07) is 13.9. The first-order chi connectivity index (χ1) is 15.2. The number of pyridine rings is 2. The molecule has 1 amide bonds. The van der Waals surface area contributed by atoms with Crippen LogP contribution in [0.25, 0.3) is 0 Å². The summed E-state index contributed by atoms with van der Waals surface area (Å²) in [6.45, 7) is 2.22. The van der Waals surface area contributed by atoms with Gasteiger partial charge in [0, 0.05) is 31.1 Å². The van der Waals surface area contributed by atoms with Crippen molar-refractivity contribution in [1.29, 1.82) is 0 Å². The summed E-state index contributed by atoms with van der Waals surface area (Å²) < 4.78 is 16.3. The summed E-state index contributed by atoms with van der Waals surface area (Å²) in [5, 5.41) is 6.55. The first-order valence-electron chi connectivity index (χ1n) is 9.47. The Balaban J connectivity index is 1.36. The second-order valence-corrected chi connectivity index (χ2v) is 6.49. The number of rotatable bonds is 8. The van der Waals surface area contributed by atoms with Gasteiger partial charge in [-0.15, -0.1) is 0 Å². The molecule has 0 fully saturated rings. The van der Waals surface area contributed by atoms with Crippen LogP contribution in [-0.4, -0.2) is 26.0 Å². The van der Waals surface area contributed by atoms with E-state index in [9.17, 15) is 4.79 Å². The van der Waals surface area contributed by atoms with Crippen molar-refractivity contribution >= 4 is 11.7 Å². The third kappa shape index (κ3) is 5.41. The Labute approximate surface area is 178 Å². The fraction of sp³-hybridized carbons (Fsp3) is 0.136. The third-order valence-corrected chi connectivity index (χ3v) is 4.20. The van der Waals surface area contributed by atoms with Crippen LogP contribution in [0.3, 0.4) is 0 Å². The zero-order chi connectivity index (χ0) is 21.5. The number of aryl methyl sites for hydroxylation is 1. The van der Waals surface area contributed by atoms with Crippen molar-refractivity contribution < 1.29 is 18.8 Å². The molecule has 0 aliphatic rings. The number of benzene rings is 1. The lowest BCUT2D eigenvalue weighted by Gasteiger charge is -2.12. The number of carbonyl (C=O) groups excluding carboxylic acids is 1. The van der Waals surface area contributed by atoms with Crippen LogP contribution in [0.4, 0.5) is 5.82 Å². The molecule has 9 nitrogen and oxygen atoms in total. The monoisotopic (exact) mass is 417 g/mol. The van der Waals surface area contributed by atoms with Crippen molar-refractivity contribution in [2.75, 3.05) is 5.32 Å². The third-order valence-electron chi connectivity index (χ3n) is 4.20. The molecule has 0 saturated carbocycles. The van der Waals surface area contributed by atoms with Gasteiger partial charge in [-0.3, -0.25) is 9.78 Å². The second kappa shape index (κ2) is 9.49. The van der Waals surface area contributed by atoms with Crippen molar-refractivity contribution in [3.05, 3.63) is 90.0 Å². The van der Waals surface area contributed by atoms with Crippen LogP contribution in [0.15, 0.2) is 71.6 Å². The SMILES string of the molecule is Cc1nc(COc2ccc(C(=O)Nc3ncccc3OCc3ccncc3)cc2)no1. The van der Waals surface area contributed by atoms with Crippen molar-refractivity contribution in [1.82, 2.24) is 20.1 Å². The van der Waals surface area contributed by atoms with Gasteiger partial charge in [-0.2, -0.15) is 4.98 Å². The average molecular weight is 417 g/mol. The van der Waals surface area contributed by atoms with Crippen LogP contribution < -0.4 is 14.8 Å². The number of amides is 1. The predicted molar refractivity (Wildman–Crippen MR) is 111 cm³/mol. The Kier molecular flexibility index (Phi) is 6.13. The lowest BCUT2D eigenvalue weighted by molar-refractivity contribution is 0.102. The van der Waals surface area contributed by atoms with Crippen LogP contribution in [0.1, 0.15) is 27.6 Å². The summed E-state index contributed by atoms with van der Waals surface area (Å²) in [5.41, 5.74) is 1.41. The molecule has 3 heterocycles. The van der Waals surface area contributed by atoms with E-state index in [0.717, 1.165) is 5.56 Å². The van der Waals surface area contributed by atoms with E-state index < -0.39 is 0 Å². The van der Waals surface area contributed by atoms with Gasteiger partial charge in [-0.25, -0.2) is 4.98 Å². The van der Waals surface area contributed by atoms with Gasteiger partial charge in [-0.1, -0.05) is 5.16 Å². The first kappa shape index (κ1) is 20.0. The molecule has 0 saturated heterocycles. The molecule has 156 valence electrons. The summed E-state index contributed by atoms with van der Waals surface area (Å²) in [6.07, 6.45) is 4.98. The highest BCUT2D eigenvalue weighted by Crippen LogP contribution is 2.23. The Morgan fingerprint density at radius 1 is 1.00 bits per heavy atom. The van der Waals surface area contributed by atoms with Gasteiger partial charge in [-0.05, 0) is 54.1 Å². The first-order valence-corrected chi connectivity index (χ1v) is 9.47. The van der Waals surface area contributed by atoms with E-state index in [0.29, 0.717) is 41.2 Å². The second-order valence-electron chi connectivity index (χ2n) is 6.49. The number of nitrogens with zero attached hydrogens (tertiary/aromatic N) is 4. The predicted octanol–water partition coefficient (Wildman–Crippen LogP) is 3.58. The zero-order valence-corrected chi connectivity index (χ0v) is 16.7. The van der Waals surface area contributed by atoms with Crippen molar-refractivity contribution in [3.8, 4) is 11.5 Å².